The van der Waals surface area contributed by atoms with E-state index in [1.54, 1.807) is 4.90 Å². The molecule has 44 heavy (non-hydrogen) atoms. The Labute approximate surface area is 255 Å². The number of nitrogens with zero attached hydrogens (tertiary/aromatic N) is 1. The summed E-state index contributed by atoms with van der Waals surface area (Å²) in [6.07, 6.45) is 2.43. The van der Waals surface area contributed by atoms with Crippen LogP contribution in [0, 0.1) is 11.8 Å². The first-order valence-corrected chi connectivity index (χ1v) is 16.3. The number of H-pyrrole nitrogens is 1. The molecule has 5 rings (SSSR count). The highest BCUT2D eigenvalue weighted by Crippen LogP contribution is 2.43. The van der Waals surface area contributed by atoms with E-state index in [1.807, 2.05) is 32.0 Å². The van der Waals surface area contributed by atoms with E-state index < -0.39 is 19.0 Å². The molecule has 0 radical (unpaired) electrons. The van der Waals surface area contributed by atoms with Gasteiger partial charge in [0.1, 0.15) is 0 Å². The van der Waals surface area contributed by atoms with E-state index in [0.29, 0.717) is 42.3 Å². The van der Waals surface area contributed by atoms with Crippen molar-refractivity contribution in [2.45, 2.75) is 64.5 Å². The molecule has 2 amide bonds. The van der Waals surface area contributed by atoms with E-state index >= 15 is 0 Å². The van der Waals surface area contributed by atoms with Gasteiger partial charge in [0.05, 0.1) is 17.4 Å². The molecule has 3 heterocycles. The molecule has 2 aliphatic rings. The van der Waals surface area contributed by atoms with Crippen LogP contribution in [0.2, 0.25) is 0 Å². The number of aromatic nitrogens is 1. The van der Waals surface area contributed by atoms with Crippen LogP contribution in [-0.4, -0.2) is 50.0 Å². The van der Waals surface area contributed by atoms with Crippen LogP contribution >= 0.6 is 7.60 Å². The normalized spacial score (nSPS) is 18.7. The fourth-order valence-electron chi connectivity index (χ4n) is 6.28. The van der Waals surface area contributed by atoms with Gasteiger partial charge in [-0.05, 0) is 60.6 Å². The van der Waals surface area contributed by atoms with Crippen LogP contribution in [0.1, 0.15) is 71.5 Å². The molecule has 11 nitrogen and oxygen atoms in total. The van der Waals surface area contributed by atoms with Gasteiger partial charge in [-0.2, -0.15) is 0 Å². The number of para-hydroxylation sites is 1. The van der Waals surface area contributed by atoms with Crippen LogP contribution in [0.5, 0.6) is 0 Å². The van der Waals surface area contributed by atoms with Crippen LogP contribution < -0.4 is 16.0 Å². The van der Waals surface area contributed by atoms with E-state index in [4.69, 9.17) is 5.73 Å². The van der Waals surface area contributed by atoms with E-state index in [2.05, 4.69) is 16.9 Å². The number of aromatic amines is 1. The molecular formula is C32H37N4O7P. The van der Waals surface area contributed by atoms with Gasteiger partial charge in [0.25, 0.3) is 5.52 Å². The summed E-state index contributed by atoms with van der Waals surface area (Å²) in [6.45, 7) is 8.41. The molecule has 0 aliphatic carbocycles. The molecule has 0 unspecified atom stereocenters. The van der Waals surface area contributed by atoms with Gasteiger partial charge in [-0.3, -0.25) is 23.7 Å². The monoisotopic (exact) mass is 620 g/mol. The van der Waals surface area contributed by atoms with Gasteiger partial charge in [-0.25, -0.2) is 0 Å². The van der Waals surface area contributed by atoms with Gasteiger partial charge in [0.2, 0.25) is 11.8 Å². The number of ketones is 1. The molecule has 6 N–H and O–H groups in total. The predicted octanol–water partition coefficient (Wildman–Crippen LogP) is 3.97. The van der Waals surface area contributed by atoms with Gasteiger partial charge in [-0.1, -0.05) is 38.6 Å². The Bertz CT molecular complexity index is 1720. The van der Waals surface area contributed by atoms with Crippen molar-refractivity contribution in [2.75, 3.05) is 4.90 Å². The number of nitrogens with two attached hydrogens (primary N) is 1. The number of primary amides is 1. The summed E-state index contributed by atoms with van der Waals surface area (Å²) < 4.78 is 11.4. The van der Waals surface area contributed by atoms with Gasteiger partial charge in [0.15, 0.2) is 5.78 Å². The largest absolute Gasteiger partial charge is 0.396 e. The first-order chi connectivity index (χ1) is 20.7. The third kappa shape index (κ3) is 6.26. The topological polar surface area (TPSA) is 183 Å². The second-order valence-corrected chi connectivity index (χ2v) is 13.6. The van der Waals surface area contributed by atoms with Crippen LogP contribution in [0.25, 0.3) is 10.9 Å². The standard InChI is InChI=1S/C32H37N4O7P/c1-17(2)24(11-12-29(33)38)34-18(3)27-15-20-6-4-5-19-7-8-21(31(39)36(27)30(19)20)16-28(37)26-14-23-13-22(9-10-25(23)35-26)32(40)44(41,42)43/h4-6,9-10,13-14,17,21,24,27,34-35H,3,7-8,11-12,15-16H2,1-2H3,(H2,33,38)(H2,41,42,43)/t21-,24+,27+/m1/s1. The van der Waals surface area contributed by atoms with E-state index in [1.165, 1.54) is 24.3 Å². The maximum absolute atomic E-state index is 14.2. The number of carbonyl (C=O) groups excluding carboxylic acids is 4. The molecule has 3 aromatic rings. The summed E-state index contributed by atoms with van der Waals surface area (Å²) in [5.41, 5.74) is 8.37. The molecule has 2 aromatic carbocycles. The highest BCUT2D eigenvalue weighted by atomic mass is 31.2. The zero-order valence-electron chi connectivity index (χ0n) is 24.7. The summed E-state index contributed by atoms with van der Waals surface area (Å²) in [7, 11) is -4.95. The lowest BCUT2D eigenvalue weighted by atomic mass is 9.92. The maximum atomic E-state index is 14.2. The summed E-state index contributed by atoms with van der Waals surface area (Å²) in [5, 5.41) is 3.93. The Hall–Kier alpha value is -4.05. The number of amides is 2. The number of carbonyl (C=O) groups is 4. The van der Waals surface area contributed by atoms with Crippen molar-refractivity contribution in [2.24, 2.45) is 17.6 Å². The van der Waals surface area contributed by atoms with Crippen LogP contribution in [0.4, 0.5) is 5.69 Å². The fraction of sp³-hybridized carbons (Fsp3) is 0.375. The molecule has 0 saturated heterocycles. The van der Waals surface area contributed by atoms with E-state index in [0.717, 1.165) is 16.8 Å². The quantitative estimate of drug-likeness (QED) is 0.149. The summed E-state index contributed by atoms with van der Waals surface area (Å²) >= 11 is 0. The van der Waals surface area contributed by atoms with Gasteiger partial charge < -0.3 is 30.7 Å². The minimum atomic E-state index is -4.95. The first-order valence-electron chi connectivity index (χ1n) is 14.7. The number of Topliss-reactive ketones (excluding diaryl/α,β-unsaturated/α-hetero) is 1. The number of benzene rings is 2. The Morgan fingerprint density at radius 2 is 1.89 bits per heavy atom. The molecule has 12 heteroatoms. The minimum Gasteiger partial charge on any atom is -0.384 e. The van der Waals surface area contributed by atoms with Crippen molar-refractivity contribution in [3.05, 3.63) is 77.1 Å². The molecule has 0 spiro atoms. The molecule has 3 atom stereocenters. The summed E-state index contributed by atoms with van der Waals surface area (Å²) in [6, 6.07) is 11.3. The van der Waals surface area contributed by atoms with Gasteiger partial charge in [0, 0.05) is 53.4 Å². The molecule has 2 aliphatic heterocycles. The van der Waals surface area contributed by atoms with Crippen molar-refractivity contribution in [1.29, 1.82) is 0 Å². The van der Waals surface area contributed by atoms with Gasteiger partial charge in [-0.15, -0.1) is 0 Å². The number of aryl methyl sites for hydroxylation is 1. The molecular weight excluding hydrogens is 583 g/mol. The molecule has 0 saturated carbocycles. The third-order valence-electron chi connectivity index (χ3n) is 8.66. The lowest BCUT2D eigenvalue weighted by Crippen LogP contribution is -2.47. The van der Waals surface area contributed by atoms with Crippen molar-refractivity contribution < 1.29 is 33.5 Å². The zero-order chi connectivity index (χ0) is 31.9. The second kappa shape index (κ2) is 12.1. The smallest absolute Gasteiger partial charge is 0.384 e. The minimum absolute atomic E-state index is 0.0421. The van der Waals surface area contributed by atoms with E-state index in [-0.39, 0.29) is 59.7 Å². The van der Waals surface area contributed by atoms with Gasteiger partial charge >= 0.3 is 7.60 Å². The summed E-state index contributed by atoms with van der Waals surface area (Å²) in [4.78, 5) is 74.5. The zero-order valence-corrected chi connectivity index (χ0v) is 25.6. The van der Waals surface area contributed by atoms with Crippen molar-refractivity contribution >= 4 is 47.3 Å². The van der Waals surface area contributed by atoms with Crippen molar-refractivity contribution in [3.63, 3.8) is 0 Å². The first kappa shape index (κ1) is 31.4. The molecule has 0 fully saturated rings. The fourth-order valence-corrected chi connectivity index (χ4v) is 6.76. The average Bonchev–Trinajstić information content (AvgIpc) is 3.54. The number of fused-ring (bicyclic) bond motifs is 1. The number of rotatable bonds is 12. The maximum Gasteiger partial charge on any atom is 0.396 e. The Morgan fingerprint density at radius 3 is 2.57 bits per heavy atom. The Balaban J connectivity index is 1.38. The highest BCUT2D eigenvalue weighted by Gasteiger charge is 2.42. The summed E-state index contributed by atoms with van der Waals surface area (Å²) in [5.74, 6) is -1.21. The lowest BCUT2D eigenvalue weighted by molar-refractivity contribution is -0.122. The number of hydrogen-bond acceptors (Lipinski definition) is 6. The number of hydrogen-bond donors (Lipinski definition) is 5. The average molecular weight is 621 g/mol. The molecule has 0 bridgehead atoms. The molecule has 232 valence electrons. The van der Waals surface area contributed by atoms with Crippen LogP contribution in [-0.2, 0) is 27.0 Å². The predicted molar refractivity (Wildman–Crippen MR) is 166 cm³/mol. The van der Waals surface area contributed by atoms with Crippen LogP contribution in [0.3, 0.4) is 0 Å². The highest BCUT2D eigenvalue weighted by molar-refractivity contribution is 7.70. The SMILES string of the molecule is C=C(N[C@@H](CCC(N)=O)C(C)C)[C@@H]1Cc2cccc3c2N1C(=O)[C@@H](CC(=O)c1cc2cc(C(=O)P(=O)(O)O)ccc2[nH]1)CC3. The third-order valence-corrected chi connectivity index (χ3v) is 9.45. The molecule has 1 aromatic heterocycles. The van der Waals surface area contributed by atoms with Crippen molar-refractivity contribution in [1.82, 2.24) is 10.3 Å². The lowest BCUT2D eigenvalue weighted by Gasteiger charge is -2.33. The Kier molecular flexibility index (Phi) is 8.66. The van der Waals surface area contributed by atoms with Crippen molar-refractivity contribution in [3.8, 4) is 0 Å². The van der Waals surface area contributed by atoms with E-state index in [9.17, 15) is 33.5 Å². The van der Waals surface area contributed by atoms with Crippen LogP contribution in [0.15, 0.2) is 54.7 Å². The number of anilines is 1. The Morgan fingerprint density at radius 1 is 1.16 bits per heavy atom. The second-order valence-electron chi connectivity index (χ2n) is 12.1. The number of nitrogens with one attached hydrogen (secondary N) is 2.